The maximum absolute atomic E-state index is 13.1. The molecule has 0 amide bonds. The zero-order valence-electron chi connectivity index (χ0n) is 10.5. The van der Waals surface area contributed by atoms with Gasteiger partial charge in [-0.15, -0.1) is 0 Å². The number of halogens is 1. The Kier molecular flexibility index (Phi) is 4.34. The van der Waals surface area contributed by atoms with E-state index in [1.165, 1.54) is 6.07 Å². The van der Waals surface area contributed by atoms with Crippen LogP contribution in [0.15, 0.2) is 18.2 Å². The number of carboxylic acids is 1. The van der Waals surface area contributed by atoms with Crippen molar-refractivity contribution in [3.8, 4) is 5.75 Å². The summed E-state index contributed by atoms with van der Waals surface area (Å²) in [5.74, 6) is -1.33. The number of hydrogen-bond donors (Lipinski definition) is 2. The van der Waals surface area contributed by atoms with Crippen LogP contribution in [-0.2, 0) is 11.3 Å². The number of hydrogen-bond acceptors (Lipinski definition) is 4. The summed E-state index contributed by atoms with van der Waals surface area (Å²) in [5.41, 5.74) is 0.726. The Morgan fingerprint density at radius 1 is 1.16 bits per heavy atom. The van der Waals surface area contributed by atoms with E-state index in [1.807, 2.05) is 4.90 Å². The molecule has 2 N–H and O–H groups in total. The lowest BCUT2D eigenvalue weighted by molar-refractivity contribution is -0.138. The molecule has 1 fully saturated rings. The molecule has 2 rings (SSSR count). The Labute approximate surface area is 110 Å². The summed E-state index contributed by atoms with van der Waals surface area (Å²) in [6.07, 6.45) is 0. The van der Waals surface area contributed by atoms with E-state index in [4.69, 9.17) is 5.11 Å². The number of benzene rings is 1. The third-order valence-corrected chi connectivity index (χ3v) is 3.17. The minimum atomic E-state index is -0.816. The quantitative estimate of drug-likeness (QED) is 0.843. The van der Waals surface area contributed by atoms with Gasteiger partial charge in [-0.3, -0.25) is 14.6 Å². The van der Waals surface area contributed by atoms with Gasteiger partial charge in [-0.1, -0.05) is 0 Å². The van der Waals surface area contributed by atoms with Crippen molar-refractivity contribution in [3.05, 3.63) is 29.6 Å². The molecule has 0 atom stereocenters. The predicted molar refractivity (Wildman–Crippen MR) is 67.4 cm³/mol. The monoisotopic (exact) mass is 268 g/mol. The summed E-state index contributed by atoms with van der Waals surface area (Å²) in [4.78, 5) is 14.6. The fourth-order valence-corrected chi connectivity index (χ4v) is 2.28. The van der Waals surface area contributed by atoms with Gasteiger partial charge >= 0.3 is 5.97 Å². The Hall–Kier alpha value is -1.66. The van der Waals surface area contributed by atoms with Crippen molar-refractivity contribution in [2.45, 2.75) is 6.54 Å². The zero-order chi connectivity index (χ0) is 13.8. The molecule has 0 saturated carbocycles. The molecule has 1 aromatic carbocycles. The fourth-order valence-electron chi connectivity index (χ4n) is 2.28. The van der Waals surface area contributed by atoms with Crippen molar-refractivity contribution in [2.24, 2.45) is 0 Å². The number of phenols is 1. The molecule has 1 aliphatic rings. The number of phenolic OH excluding ortho intramolecular Hbond substituents is 1. The average molecular weight is 268 g/mol. The lowest BCUT2D eigenvalue weighted by atomic mass is 10.2. The van der Waals surface area contributed by atoms with Crippen molar-refractivity contribution >= 4 is 5.97 Å². The van der Waals surface area contributed by atoms with Crippen LogP contribution in [0, 0.1) is 5.82 Å². The molecule has 19 heavy (non-hydrogen) atoms. The van der Waals surface area contributed by atoms with Crippen LogP contribution in [0.3, 0.4) is 0 Å². The Bertz CT molecular complexity index is 439. The molecule has 1 heterocycles. The number of aromatic hydroxyl groups is 1. The van der Waals surface area contributed by atoms with E-state index in [0.29, 0.717) is 19.6 Å². The van der Waals surface area contributed by atoms with Crippen LogP contribution in [0.25, 0.3) is 0 Å². The van der Waals surface area contributed by atoms with Gasteiger partial charge in [0.25, 0.3) is 0 Å². The molecule has 0 spiro atoms. The lowest BCUT2D eigenvalue weighted by Crippen LogP contribution is -2.47. The SMILES string of the molecule is O=C(O)CN1CCN(Cc2cc(O)cc(F)c2)CC1. The first-order chi connectivity index (χ1) is 9.02. The summed E-state index contributed by atoms with van der Waals surface area (Å²) in [6.45, 7) is 3.48. The number of piperazine rings is 1. The normalized spacial score (nSPS) is 17.5. The van der Waals surface area contributed by atoms with E-state index in [-0.39, 0.29) is 12.3 Å². The number of carboxylic acid groups (broad SMARTS) is 1. The molecule has 1 aromatic rings. The van der Waals surface area contributed by atoms with Crippen LogP contribution in [0.4, 0.5) is 4.39 Å². The highest BCUT2D eigenvalue weighted by Gasteiger charge is 2.18. The van der Waals surface area contributed by atoms with E-state index in [2.05, 4.69) is 4.90 Å². The minimum Gasteiger partial charge on any atom is -0.508 e. The van der Waals surface area contributed by atoms with Gasteiger partial charge in [0.2, 0.25) is 0 Å². The molecule has 5 nitrogen and oxygen atoms in total. The molecule has 1 saturated heterocycles. The largest absolute Gasteiger partial charge is 0.508 e. The molecular formula is C13H17FN2O3. The zero-order valence-corrected chi connectivity index (χ0v) is 10.5. The summed E-state index contributed by atoms with van der Waals surface area (Å²) in [7, 11) is 0. The maximum Gasteiger partial charge on any atom is 0.317 e. The average Bonchev–Trinajstić information content (AvgIpc) is 2.29. The van der Waals surface area contributed by atoms with Gasteiger partial charge in [0, 0.05) is 38.8 Å². The second-order valence-corrected chi connectivity index (χ2v) is 4.76. The number of carbonyl (C=O) groups is 1. The second kappa shape index (κ2) is 5.99. The number of nitrogens with zero attached hydrogens (tertiary/aromatic N) is 2. The van der Waals surface area contributed by atoms with Crippen LogP contribution in [0.2, 0.25) is 0 Å². The third-order valence-electron chi connectivity index (χ3n) is 3.17. The topological polar surface area (TPSA) is 64.0 Å². The van der Waals surface area contributed by atoms with Crippen molar-refractivity contribution in [1.82, 2.24) is 9.80 Å². The van der Waals surface area contributed by atoms with Crippen LogP contribution < -0.4 is 0 Å². The standard InChI is InChI=1S/C13H17FN2O3/c14-11-5-10(6-12(17)7-11)8-15-1-3-16(4-2-15)9-13(18)19/h5-7,17H,1-4,8-9H2,(H,18,19). The maximum atomic E-state index is 13.1. The van der Waals surface area contributed by atoms with E-state index in [1.54, 1.807) is 6.07 Å². The van der Waals surface area contributed by atoms with Gasteiger partial charge in [0.1, 0.15) is 11.6 Å². The first-order valence-electron chi connectivity index (χ1n) is 6.18. The number of aliphatic carboxylic acids is 1. The molecule has 104 valence electrons. The van der Waals surface area contributed by atoms with Crippen molar-refractivity contribution < 1.29 is 19.4 Å². The van der Waals surface area contributed by atoms with E-state index >= 15 is 0 Å². The number of rotatable bonds is 4. The molecule has 0 unspecified atom stereocenters. The minimum absolute atomic E-state index is 0.0641. The summed E-state index contributed by atoms with van der Waals surface area (Å²) in [6, 6.07) is 4.03. The predicted octanol–water partition coefficient (Wildman–Crippen LogP) is 0.734. The van der Waals surface area contributed by atoms with E-state index in [0.717, 1.165) is 24.7 Å². The van der Waals surface area contributed by atoms with Gasteiger partial charge in [-0.2, -0.15) is 0 Å². The third kappa shape index (κ3) is 4.18. The van der Waals surface area contributed by atoms with Crippen LogP contribution in [-0.4, -0.2) is 58.7 Å². The highest BCUT2D eigenvalue weighted by molar-refractivity contribution is 5.69. The van der Waals surface area contributed by atoms with Crippen LogP contribution >= 0.6 is 0 Å². The van der Waals surface area contributed by atoms with E-state index in [9.17, 15) is 14.3 Å². The Morgan fingerprint density at radius 3 is 2.37 bits per heavy atom. The van der Waals surface area contributed by atoms with Crippen molar-refractivity contribution in [2.75, 3.05) is 32.7 Å². The molecule has 0 bridgehead atoms. The first-order valence-corrected chi connectivity index (χ1v) is 6.18. The van der Waals surface area contributed by atoms with Crippen LogP contribution in [0.5, 0.6) is 5.75 Å². The first kappa shape index (κ1) is 13.8. The van der Waals surface area contributed by atoms with E-state index < -0.39 is 11.8 Å². The summed E-state index contributed by atoms with van der Waals surface area (Å²) < 4.78 is 13.1. The molecular weight excluding hydrogens is 251 g/mol. The van der Waals surface area contributed by atoms with Gasteiger partial charge in [-0.05, 0) is 17.7 Å². The lowest BCUT2D eigenvalue weighted by Gasteiger charge is -2.33. The molecule has 0 aromatic heterocycles. The second-order valence-electron chi connectivity index (χ2n) is 4.76. The smallest absolute Gasteiger partial charge is 0.317 e. The highest BCUT2D eigenvalue weighted by atomic mass is 19.1. The molecule has 0 aliphatic carbocycles. The summed E-state index contributed by atoms with van der Waals surface area (Å²) >= 11 is 0. The van der Waals surface area contributed by atoms with Gasteiger partial charge in [0.05, 0.1) is 6.54 Å². The van der Waals surface area contributed by atoms with Crippen LogP contribution in [0.1, 0.15) is 5.56 Å². The molecule has 0 radical (unpaired) electrons. The molecule has 6 heteroatoms. The van der Waals surface area contributed by atoms with Gasteiger partial charge in [-0.25, -0.2) is 4.39 Å². The highest BCUT2D eigenvalue weighted by Crippen LogP contribution is 2.16. The van der Waals surface area contributed by atoms with Crippen molar-refractivity contribution in [1.29, 1.82) is 0 Å². The Balaban J connectivity index is 1.86. The van der Waals surface area contributed by atoms with Gasteiger partial charge < -0.3 is 10.2 Å². The fraction of sp³-hybridized carbons (Fsp3) is 0.462. The molecule has 1 aliphatic heterocycles. The Morgan fingerprint density at radius 2 is 1.79 bits per heavy atom. The van der Waals surface area contributed by atoms with Crippen molar-refractivity contribution in [3.63, 3.8) is 0 Å². The van der Waals surface area contributed by atoms with Gasteiger partial charge in [0.15, 0.2) is 0 Å². The summed E-state index contributed by atoms with van der Waals surface area (Å²) in [5, 5.41) is 18.0.